The lowest BCUT2D eigenvalue weighted by atomic mass is 10.1. The van der Waals surface area contributed by atoms with Crippen LogP contribution in [0.3, 0.4) is 0 Å². The molecule has 0 spiro atoms. The second-order valence-corrected chi connectivity index (χ2v) is 7.06. The maximum Gasteiger partial charge on any atom is 0.317 e. The van der Waals surface area contributed by atoms with E-state index in [-0.39, 0.29) is 37.5 Å². The van der Waals surface area contributed by atoms with Crippen molar-refractivity contribution in [1.82, 2.24) is 20.4 Å². The zero-order chi connectivity index (χ0) is 17.1. The standard InChI is InChI=1S/C16H27FN4O3/c17-11-6-12(8-19-16(24)20-4-2-1-3-5-20)21(10-11)15(23)14-7-13(22)9-18-14/h11-14,18,22H,1-10H2,(H,19,24). The zero-order valence-corrected chi connectivity index (χ0v) is 13.9. The van der Waals surface area contributed by atoms with Crippen molar-refractivity contribution < 1.29 is 19.1 Å². The fourth-order valence-corrected chi connectivity index (χ4v) is 3.84. The first-order valence-corrected chi connectivity index (χ1v) is 8.93. The van der Waals surface area contributed by atoms with Crippen molar-refractivity contribution >= 4 is 11.9 Å². The van der Waals surface area contributed by atoms with Crippen molar-refractivity contribution in [2.45, 2.75) is 56.5 Å². The summed E-state index contributed by atoms with van der Waals surface area (Å²) < 4.78 is 13.8. The summed E-state index contributed by atoms with van der Waals surface area (Å²) in [5.41, 5.74) is 0. The lowest BCUT2D eigenvalue weighted by Crippen LogP contribution is -2.51. The highest BCUT2D eigenvalue weighted by Gasteiger charge is 2.40. The van der Waals surface area contributed by atoms with Crippen LogP contribution in [0.5, 0.6) is 0 Å². The van der Waals surface area contributed by atoms with Crippen LogP contribution in [0.15, 0.2) is 0 Å². The van der Waals surface area contributed by atoms with Gasteiger partial charge in [0.1, 0.15) is 6.17 Å². The SMILES string of the molecule is O=C(NCC1CC(F)CN1C(=O)C1CC(O)CN1)N1CCCCC1. The van der Waals surface area contributed by atoms with Gasteiger partial charge in [0, 0.05) is 32.6 Å². The lowest BCUT2D eigenvalue weighted by molar-refractivity contribution is -0.134. The van der Waals surface area contributed by atoms with E-state index in [2.05, 4.69) is 10.6 Å². The molecule has 0 bridgehead atoms. The molecule has 3 N–H and O–H groups in total. The van der Waals surface area contributed by atoms with Crippen molar-refractivity contribution in [2.24, 2.45) is 0 Å². The quantitative estimate of drug-likeness (QED) is 0.666. The summed E-state index contributed by atoms with van der Waals surface area (Å²) in [5, 5.41) is 15.4. The Bertz CT molecular complexity index is 472. The predicted molar refractivity (Wildman–Crippen MR) is 86.3 cm³/mol. The third-order valence-corrected chi connectivity index (χ3v) is 5.18. The van der Waals surface area contributed by atoms with Gasteiger partial charge in [0.25, 0.3) is 0 Å². The van der Waals surface area contributed by atoms with Crippen LogP contribution < -0.4 is 10.6 Å². The van der Waals surface area contributed by atoms with E-state index in [0.29, 0.717) is 13.0 Å². The second kappa shape index (κ2) is 7.65. The highest BCUT2D eigenvalue weighted by Crippen LogP contribution is 2.23. The molecule has 7 nitrogen and oxygen atoms in total. The second-order valence-electron chi connectivity index (χ2n) is 7.06. The molecule has 3 aliphatic rings. The van der Waals surface area contributed by atoms with Gasteiger partial charge in [-0.05, 0) is 25.7 Å². The molecule has 4 unspecified atom stereocenters. The minimum absolute atomic E-state index is 0.0668. The Labute approximate surface area is 141 Å². The number of aliphatic hydroxyl groups excluding tert-OH is 1. The van der Waals surface area contributed by atoms with Crippen LogP contribution in [-0.2, 0) is 4.79 Å². The number of hydrogen-bond acceptors (Lipinski definition) is 4. The number of likely N-dealkylation sites (tertiary alicyclic amines) is 2. The predicted octanol–water partition coefficient (Wildman–Crippen LogP) is -0.156. The van der Waals surface area contributed by atoms with E-state index in [1.54, 1.807) is 4.90 Å². The first kappa shape index (κ1) is 17.4. The molecule has 0 aliphatic carbocycles. The van der Waals surface area contributed by atoms with Crippen LogP contribution in [0.4, 0.5) is 9.18 Å². The number of aliphatic hydroxyl groups is 1. The zero-order valence-electron chi connectivity index (χ0n) is 13.9. The first-order valence-electron chi connectivity index (χ1n) is 8.93. The van der Waals surface area contributed by atoms with Crippen LogP contribution in [-0.4, -0.2) is 83.9 Å². The largest absolute Gasteiger partial charge is 0.392 e. The van der Waals surface area contributed by atoms with E-state index < -0.39 is 18.3 Å². The Kier molecular flexibility index (Phi) is 5.55. The molecule has 24 heavy (non-hydrogen) atoms. The van der Waals surface area contributed by atoms with Gasteiger partial charge in [-0.15, -0.1) is 0 Å². The van der Waals surface area contributed by atoms with E-state index in [0.717, 1.165) is 32.4 Å². The summed E-state index contributed by atoms with van der Waals surface area (Å²) in [6.45, 7) is 2.25. The molecule has 3 fully saturated rings. The summed E-state index contributed by atoms with van der Waals surface area (Å²) in [6, 6.07) is -0.898. The summed E-state index contributed by atoms with van der Waals surface area (Å²) in [6.07, 6.45) is 2.21. The number of hydrogen-bond donors (Lipinski definition) is 3. The Hall–Kier alpha value is -1.41. The van der Waals surface area contributed by atoms with Gasteiger partial charge in [0.15, 0.2) is 0 Å². The average Bonchev–Trinajstić information content (AvgIpc) is 3.18. The molecule has 0 aromatic rings. The molecule has 0 radical (unpaired) electrons. The lowest BCUT2D eigenvalue weighted by Gasteiger charge is -2.30. The maximum atomic E-state index is 13.8. The number of alkyl halides is 1. The fourth-order valence-electron chi connectivity index (χ4n) is 3.84. The van der Waals surface area contributed by atoms with Crippen LogP contribution in [0, 0.1) is 0 Å². The van der Waals surface area contributed by atoms with Crippen molar-refractivity contribution in [3.63, 3.8) is 0 Å². The van der Waals surface area contributed by atoms with Crippen molar-refractivity contribution in [1.29, 1.82) is 0 Å². The molecule has 3 aliphatic heterocycles. The number of nitrogens with zero attached hydrogens (tertiary/aromatic N) is 2. The van der Waals surface area contributed by atoms with Gasteiger partial charge in [0.2, 0.25) is 5.91 Å². The molecule has 3 heterocycles. The molecule has 4 atom stereocenters. The summed E-state index contributed by atoms with van der Waals surface area (Å²) in [7, 11) is 0. The van der Waals surface area contributed by atoms with Crippen LogP contribution in [0.1, 0.15) is 32.1 Å². The minimum atomic E-state index is -1.06. The fraction of sp³-hybridized carbons (Fsp3) is 0.875. The molecular weight excluding hydrogens is 315 g/mol. The number of rotatable bonds is 3. The van der Waals surface area contributed by atoms with E-state index >= 15 is 0 Å². The normalized spacial score (nSPS) is 33.8. The maximum absolute atomic E-state index is 13.8. The van der Waals surface area contributed by atoms with Crippen molar-refractivity contribution in [2.75, 3.05) is 32.7 Å². The monoisotopic (exact) mass is 342 g/mol. The Morgan fingerprint density at radius 2 is 1.96 bits per heavy atom. The van der Waals surface area contributed by atoms with Crippen LogP contribution in [0.25, 0.3) is 0 Å². The first-order chi connectivity index (χ1) is 11.5. The third-order valence-electron chi connectivity index (χ3n) is 5.18. The topological polar surface area (TPSA) is 84.9 Å². The Morgan fingerprint density at radius 3 is 2.62 bits per heavy atom. The number of halogens is 1. The average molecular weight is 342 g/mol. The summed E-state index contributed by atoms with van der Waals surface area (Å²) in [5.74, 6) is -0.177. The molecule has 0 aromatic heterocycles. The number of β-amino-alcohol motifs (C(OH)–C–C–N with tert-alkyl or cyclic N) is 1. The highest BCUT2D eigenvalue weighted by atomic mass is 19.1. The molecule has 3 saturated heterocycles. The molecular formula is C16H27FN4O3. The summed E-state index contributed by atoms with van der Waals surface area (Å²) in [4.78, 5) is 28.1. The molecule has 3 rings (SSSR count). The van der Waals surface area contributed by atoms with E-state index in [4.69, 9.17) is 0 Å². The van der Waals surface area contributed by atoms with Gasteiger partial charge in [-0.25, -0.2) is 9.18 Å². The number of nitrogens with one attached hydrogen (secondary N) is 2. The number of urea groups is 1. The molecule has 136 valence electrons. The number of amides is 3. The van der Waals surface area contributed by atoms with E-state index in [1.165, 1.54) is 4.90 Å². The third kappa shape index (κ3) is 3.97. The van der Waals surface area contributed by atoms with Crippen molar-refractivity contribution in [3.05, 3.63) is 0 Å². The number of piperidine rings is 1. The van der Waals surface area contributed by atoms with Gasteiger partial charge in [-0.1, -0.05) is 0 Å². The van der Waals surface area contributed by atoms with Gasteiger partial charge in [-0.3, -0.25) is 4.79 Å². The minimum Gasteiger partial charge on any atom is -0.392 e. The Morgan fingerprint density at radius 1 is 1.21 bits per heavy atom. The van der Waals surface area contributed by atoms with Gasteiger partial charge in [0.05, 0.1) is 24.7 Å². The van der Waals surface area contributed by atoms with Gasteiger partial charge < -0.3 is 25.5 Å². The molecule has 8 heteroatoms. The molecule has 3 amide bonds. The molecule has 0 aromatic carbocycles. The Balaban J connectivity index is 1.53. The van der Waals surface area contributed by atoms with Crippen LogP contribution >= 0.6 is 0 Å². The van der Waals surface area contributed by atoms with Crippen LogP contribution in [0.2, 0.25) is 0 Å². The van der Waals surface area contributed by atoms with E-state index in [9.17, 15) is 19.1 Å². The number of carbonyl (C=O) groups is 2. The number of carbonyl (C=O) groups excluding carboxylic acids is 2. The van der Waals surface area contributed by atoms with Gasteiger partial charge in [-0.2, -0.15) is 0 Å². The smallest absolute Gasteiger partial charge is 0.317 e. The molecule has 0 saturated carbocycles. The highest BCUT2D eigenvalue weighted by molar-refractivity contribution is 5.83. The van der Waals surface area contributed by atoms with Crippen molar-refractivity contribution in [3.8, 4) is 0 Å². The summed E-state index contributed by atoms with van der Waals surface area (Å²) >= 11 is 0. The van der Waals surface area contributed by atoms with Gasteiger partial charge >= 0.3 is 6.03 Å². The van der Waals surface area contributed by atoms with E-state index in [1.807, 2.05) is 0 Å².